The molecule has 1 amide bonds. The number of aromatic amines is 1. The second-order valence-corrected chi connectivity index (χ2v) is 7.94. The minimum atomic E-state index is -0.414. The van der Waals surface area contributed by atoms with Crippen LogP contribution in [0.2, 0.25) is 0 Å². The van der Waals surface area contributed by atoms with Crippen LogP contribution in [-0.2, 0) is 6.54 Å². The van der Waals surface area contributed by atoms with E-state index in [2.05, 4.69) is 32.2 Å². The first-order valence-corrected chi connectivity index (χ1v) is 9.99. The monoisotopic (exact) mass is 394 g/mol. The number of piperidine rings is 1. The molecule has 1 aromatic carbocycles. The average molecular weight is 394 g/mol. The third kappa shape index (κ3) is 4.07. The number of hydrogen-bond acceptors (Lipinski definition) is 5. The van der Waals surface area contributed by atoms with E-state index >= 15 is 0 Å². The van der Waals surface area contributed by atoms with E-state index in [9.17, 15) is 9.59 Å². The second-order valence-electron chi connectivity index (χ2n) is 7.94. The topological polar surface area (TPSA) is 95.4 Å². The Labute approximate surface area is 169 Å². The molecule has 0 atom stereocenters. The van der Waals surface area contributed by atoms with Gasteiger partial charge in [-0.2, -0.15) is 9.50 Å². The second kappa shape index (κ2) is 7.79. The zero-order valence-electron chi connectivity index (χ0n) is 17.0. The number of anilines is 1. The van der Waals surface area contributed by atoms with Gasteiger partial charge < -0.3 is 5.32 Å². The molecular weight excluding hydrogens is 368 g/mol. The van der Waals surface area contributed by atoms with Crippen LogP contribution in [0.25, 0.3) is 5.78 Å². The number of aryl methyl sites for hydroxylation is 1. The van der Waals surface area contributed by atoms with Crippen LogP contribution >= 0.6 is 0 Å². The lowest BCUT2D eigenvalue weighted by Gasteiger charge is -2.30. The van der Waals surface area contributed by atoms with Gasteiger partial charge in [0.1, 0.15) is 0 Å². The van der Waals surface area contributed by atoms with E-state index in [0.29, 0.717) is 16.9 Å². The van der Waals surface area contributed by atoms with Crippen molar-refractivity contribution in [1.29, 1.82) is 0 Å². The van der Waals surface area contributed by atoms with Crippen LogP contribution in [0.4, 0.5) is 5.69 Å². The third-order valence-electron chi connectivity index (χ3n) is 5.67. The fourth-order valence-electron chi connectivity index (χ4n) is 3.57. The van der Waals surface area contributed by atoms with Gasteiger partial charge in [-0.25, -0.2) is 4.98 Å². The molecule has 1 aliphatic heterocycles. The predicted molar refractivity (Wildman–Crippen MR) is 111 cm³/mol. The zero-order chi connectivity index (χ0) is 20.5. The molecule has 0 radical (unpaired) electrons. The van der Waals surface area contributed by atoms with E-state index in [-0.39, 0.29) is 17.2 Å². The van der Waals surface area contributed by atoms with Gasteiger partial charge >= 0.3 is 0 Å². The molecule has 0 spiro atoms. The third-order valence-corrected chi connectivity index (χ3v) is 5.67. The Hall–Kier alpha value is -3.00. The molecule has 1 aliphatic rings. The van der Waals surface area contributed by atoms with Gasteiger partial charge in [0.2, 0.25) is 5.82 Å². The Morgan fingerprint density at radius 1 is 1.17 bits per heavy atom. The number of hydrogen-bond donors (Lipinski definition) is 2. The molecule has 0 unspecified atom stereocenters. The van der Waals surface area contributed by atoms with Crippen LogP contribution in [0.3, 0.4) is 0 Å². The highest BCUT2D eigenvalue weighted by atomic mass is 16.2. The summed E-state index contributed by atoms with van der Waals surface area (Å²) in [6.07, 6.45) is 2.51. The van der Waals surface area contributed by atoms with Crippen LogP contribution in [0, 0.1) is 19.8 Å². The number of fused-ring (bicyclic) bond motifs is 1. The van der Waals surface area contributed by atoms with Gasteiger partial charge in [0.15, 0.2) is 0 Å². The molecule has 0 bridgehead atoms. The lowest BCUT2D eigenvalue weighted by atomic mass is 9.99. The summed E-state index contributed by atoms with van der Waals surface area (Å²) in [5, 5.41) is 5.55. The zero-order valence-corrected chi connectivity index (χ0v) is 17.0. The number of H-pyrrole nitrogens is 1. The van der Waals surface area contributed by atoms with Crippen molar-refractivity contribution in [2.45, 2.75) is 40.2 Å². The summed E-state index contributed by atoms with van der Waals surface area (Å²) in [7, 11) is 0. The maximum atomic E-state index is 12.5. The predicted octanol–water partition coefficient (Wildman–Crippen LogP) is 2.52. The highest BCUT2D eigenvalue weighted by Crippen LogP contribution is 2.19. The van der Waals surface area contributed by atoms with Crippen molar-refractivity contribution < 1.29 is 4.79 Å². The van der Waals surface area contributed by atoms with E-state index in [4.69, 9.17) is 0 Å². The van der Waals surface area contributed by atoms with Crippen LogP contribution in [0.5, 0.6) is 0 Å². The highest BCUT2D eigenvalue weighted by Gasteiger charge is 2.17. The number of benzene rings is 1. The van der Waals surface area contributed by atoms with Crippen molar-refractivity contribution in [3.63, 3.8) is 0 Å². The molecule has 29 heavy (non-hydrogen) atoms. The standard InChI is InChI=1S/C21H26N6O2/c1-13-8-10-26(11-9-13)12-16-4-6-17(7-5-16)23-19(28)18-24-21-22-15(3)14(2)20(29)27(21)25-18/h4-7,13H,8-12H2,1-3H3,(H,23,28)(H,22,24,25). The minimum absolute atomic E-state index is 0.0473. The summed E-state index contributed by atoms with van der Waals surface area (Å²) in [5.41, 5.74) is 2.78. The number of likely N-dealkylation sites (tertiary alicyclic amines) is 1. The molecule has 152 valence electrons. The van der Waals surface area contributed by atoms with Crippen molar-refractivity contribution in [1.82, 2.24) is 24.5 Å². The first-order valence-electron chi connectivity index (χ1n) is 9.99. The van der Waals surface area contributed by atoms with E-state index in [1.54, 1.807) is 13.8 Å². The number of rotatable bonds is 4. The molecule has 1 saturated heterocycles. The molecule has 8 heteroatoms. The number of amides is 1. The summed E-state index contributed by atoms with van der Waals surface area (Å²) in [6.45, 7) is 8.96. The van der Waals surface area contributed by atoms with Crippen molar-refractivity contribution in [2.75, 3.05) is 18.4 Å². The van der Waals surface area contributed by atoms with E-state index in [0.717, 1.165) is 25.6 Å². The normalized spacial score (nSPS) is 15.7. The van der Waals surface area contributed by atoms with E-state index in [1.807, 2.05) is 24.3 Å². The summed E-state index contributed by atoms with van der Waals surface area (Å²) in [4.78, 5) is 35.7. The average Bonchev–Trinajstić information content (AvgIpc) is 3.14. The number of nitrogens with one attached hydrogen (secondary N) is 2. The van der Waals surface area contributed by atoms with Crippen LogP contribution in [0.1, 0.15) is 47.2 Å². The summed E-state index contributed by atoms with van der Waals surface area (Å²) in [5.74, 6) is 0.643. The minimum Gasteiger partial charge on any atom is -0.319 e. The van der Waals surface area contributed by atoms with Crippen LogP contribution < -0.4 is 10.9 Å². The molecule has 0 saturated carbocycles. The molecule has 0 aliphatic carbocycles. The lowest BCUT2D eigenvalue weighted by molar-refractivity contribution is 0.101. The Morgan fingerprint density at radius 3 is 2.55 bits per heavy atom. The van der Waals surface area contributed by atoms with Gasteiger partial charge in [0, 0.05) is 23.5 Å². The number of carbonyl (C=O) groups excluding carboxylic acids is 1. The molecule has 2 aromatic heterocycles. The van der Waals surface area contributed by atoms with Crippen molar-refractivity contribution in [2.24, 2.45) is 5.92 Å². The summed E-state index contributed by atoms with van der Waals surface area (Å²) >= 11 is 0. The van der Waals surface area contributed by atoms with Gasteiger partial charge in [-0.3, -0.25) is 19.6 Å². The van der Waals surface area contributed by atoms with Gasteiger partial charge in [0.05, 0.1) is 0 Å². The maximum Gasteiger partial charge on any atom is 0.293 e. The molecular formula is C21H26N6O2. The van der Waals surface area contributed by atoms with Crippen molar-refractivity contribution in [3.8, 4) is 0 Å². The Morgan fingerprint density at radius 2 is 1.86 bits per heavy atom. The summed E-state index contributed by atoms with van der Waals surface area (Å²) in [6, 6.07) is 7.85. The maximum absolute atomic E-state index is 12.5. The lowest BCUT2D eigenvalue weighted by Crippen LogP contribution is -2.32. The van der Waals surface area contributed by atoms with Gasteiger partial charge in [0.25, 0.3) is 17.2 Å². The molecule has 8 nitrogen and oxygen atoms in total. The molecule has 4 rings (SSSR count). The Balaban J connectivity index is 1.44. The molecule has 1 fully saturated rings. The molecule has 3 heterocycles. The summed E-state index contributed by atoms with van der Waals surface area (Å²) < 4.78 is 1.19. The SMILES string of the molecule is Cc1nc2nc(C(=O)Nc3ccc(CN4CCC(C)CC4)cc3)[nH]n2c(=O)c1C. The largest absolute Gasteiger partial charge is 0.319 e. The fraction of sp³-hybridized carbons (Fsp3) is 0.429. The quantitative estimate of drug-likeness (QED) is 0.709. The van der Waals surface area contributed by atoms with Crippen molar-refractivity contribution in [3.05, 3.63) is 57.3 Å². The fourth-order valence-corrected chi connectivity index (χ4v) is 3.57. The highest BCUT2D eigenvalue weighted by molar-refractivity contribution is 6.01. The first kappa shape index (κ1) is 19.3. The number of aromatic nitrogens is 4. The number of nitrogens with zero attached hydrogens (tertiary/aromatic N) is 4. The molecule has 2 N–H and O–H groups in total. The van der Waals surface area contributed by atoms with Crippen LogP contribution in [-0.4, -0.2) is 43.5 Å². The first-order chi connectivity index (χ1) is 13.9. The van der Waals surface area contributed by atoms with E-state index in [1.165, 1.54) is 22.9 Å². The van der Waals surface area contributed by atoms with Gasteiger partial charge in [-0.1, -0.05) is 19.1 Å². The smallest absolute Gasteiger partial charge is 0.293 e. The van der Waals surface area contributed by atoms with Gasteiger partial charge in [-0.15, -0.1) is 0 Å². The number of carbonyl (C=O) groups is 1. The van der Waals surface area contributed by atoms with Crippen LogP contribution in [0.15, 0.2) is 29.1 Å². The van der Waals surface area contributed by atoms with E-state index < -0.39 is 5.91 Å². The Kier molecular flexibility index (Phi) is 5.19. The molecule has 3 aromatic rings. The van der Waals surface area contributed by atoms with Crippen molar-refractivity contribution >= 4 is 17.4 Å². The Bertz CT molecular complexity index is 1090. The van der Waals surface area contributed by atoms with Gasteiger partial charge in [-0.05, 0) is 63.4 Å².